The molecule has 0 saturated heterocycles. The molecule has 5 nitrogen and oxygen atoms in total. The molecule has 0 aliphatic rings. The molecule has 0 radical (unpaired) electrons. The van der Waals surface area contributed by atoms with Gasteiger partial charge >= 0.3 is 6.01 Å². The van der Waals surface area contributed by atoms with Crippen molar-refractivity contribution in [2.45, 2.75) is 6.54 Å². The third kappa shape index (κ3) is 1.70. The van der Waals surface area contributed by atoms with Gasteiger partial charge in [0.2, 0.25) is 0 Å². The van der Waals surface area contributed by atoms with Gasteiger partial charge in [0.15, 0.2) is 5.82 Å². The Kier molecular flexibility index (Phi) is 1.86. The Morgan fingerprint density at radius 3 is 2.70 bits per heavy atom. The molecule has 1 heterocycles. The molecule has 0 saturated carbocycles. The molecule has 5 heteroatoms. The van der Waals surface area contributed by atoms with Gasteiger partial charge in [-0.2, -0.15) is 4.98 Å². The van der Waals surface area contributed by atoms with E-state index in [-0.39, 0.29) is 6.01 Å². The van der Waals surface area contributed by atoms with Gasteiger partial charge in [0, 0.05) is 0 Å². The molecular formula is C5H10N4O. The van der Waals surface area contributed by atoms with Crippen molar-refractivity contribution in [3.63, 3.8) is 0 Å². The van der Waals surface area contributed by atoms with E-state index in [1.54, 1.807) is 0 Å². The van der Waals surface area contributed by atoms with Crippen LogP contribution in [0.3, 0.4) is 0 Å². The third-order valence-corrected chi connectivity index (χ3v) is 0.941. The number of hydrogen-bond donors (Lipinski definition) is 1. The Labute approximate surface area is 58.8 Å². The Morgan fingerprint density at radius 2 is 2.30 bits per heavy atom. The standard InChI is InChI=1S/C5H10N4O/c1-9(2)3-4-7-5(6)10-8-4/h3H2,1-2H3,(H2,6,7,8). The summed E-state index contributed by atoms with van der Waals surface area (Å²) in [4.78, 5) is 5.74. The molecule has 0 unspecified atom stereocenters. The van der Waals surface area contributed by atoms with E-state index in [0.717, 1.165) is 0 Å². The highest BCUT2D eigenvalue weighted by atomic mass is 16.5. The molecule has 0 aliphatic carbocycles. The van der Waals surface area contributed by atoms with Gasteiger partial charge in [0.05, 0.1) is 6.54 Å². The van der Waals surface area contributed by atoms with Crippen LogP contribution < -0.4 is 5.73 Å². The molecule has 0 atom stereocenters. The van der Waals surface area contributed by atoms with E-state index in [9.17, 15) is 0 Å². The fourth-order valence-corrected chi connectivity index (χ4v) is 0.615. The average Bonchev–Trinajstić information content (AvgIpc) is 2.13. The first-order valence-corrected chi connectivity index (χ1v) is 2.91. The summed E-state index contributed by atoms with van der Waals surface area (Å²) in [6.07, 6.45) is 0. The normalized spacial score (nSPS) is 10.7. The number of aromatic nitrogens is 2. The number of hydrogen-bond acceptors (Lipinski definition) is 5. The van der Waals surface area contributed by atoms with Gasteiger partial charge in [0.25, 0.3) is 0 Å². The van der Waals surface area contributed by atoms with Crippen LogP contribution in [0.4, 0.5) is 6.01 Å². The zero-order valence-electron chi connectivity index (χ0n) is 6.03. The number of rotatable bonds is 2. The number of nitrogen functional groups attached to an aromatic ring is 1. The minimum Gasteiger partial charge on any atom is -0.351 e. The lowest BCUT2D eigenvalue weighted by molar-refractivity contribution is 0.366. The summed E-state index contributed by atoms with van der Waals surface area (Å²) in [5, 5.41) is 3.60. The second-order valence-corrected chi connectivity index (χ2v) is 2.29. The molecule has 56 valence electrons. The minimum atomic E-state index is 0.122. The van der Waals surface area contributed by atoms with Gasteiger partial charge in [0.1, 0.15) is 0 Å². The number of anilines is 1. The third-order valence-electron chi connectivity index (χ3n) is 0.941. The van der Waals surface area contributed by atoms with Gasteiger partial charge < -0.3 is 15.2 Å². The number of nitrogens with two attached hydrogens (primary N) is 1. The summed E-state index contributed by atoms with van der Waals surface area (Å²) in [5.41, 5.74) is 5.20. The van der Waals surface area contributed by atoms with Crippen LogP contribution in [0.25, 0.3) is 0 Å². The van der Waals surface area contributed by atoms with Crippen LogP contribution in [0.5, 0.6) is 0 Å². The first kappa shape index (κ1) is 7.01. The largest absolute Gasteiger partial charge is 0.351 e. The second kappa shape index (κ2) is 2.66. The van der Waals surface area contributed by atoms with Crippen molar-refractivity contribution < 1.29 is 4.52 Å². The number of nitrogens with zero attached hydrogens (tertiary/aromatic N) is 3. The van der Waals surface area contributed by atoms with Crippen molar-refractivity contribution >= 4 is 6.01 Å². The monoisotopic (exact) mass is 142 g/mol. The Morgan fingerprint density at radius 1 is 1.60 bits per heavy atom. The van der Waals surface area contributed by atoms with Gasteiger partial charge in [-0.3, -0.25) is 0 Å². The summed E-state index contributed by atoms with van der Waals surface area (Å²) in [6, 6.07) is 0.122. The summed E-state index contributed by atoms with van der Waals surface area (Å²) in [5.74, 6) is 0.613. The quantitative estimate of drug-likeness (QED) is 0.614. The first-order chi connectivity index (χ1) is 4.68. The zero-order chi connectivity index (χ0) is 7.56. The summed E-state index contributed by atoms with van der Waals surface area (Å²) >= 11 is 0. The van der Waals surface area contributed by atoms with Gasteiger partial charge in [-0.15, -0.1) is 0 Å². The van der Waals surface area contributed by atoms with E-state index < -0.39 is 0 Å². The summed E-state index contributed by atoms with van der Waals surface area (Å²) in [6.45, 7) is 0.653. The molecule has 0 aromatic carbocycles. The van der Waals surface area contributed by atoms with Crippen LogP contribution in [-0.4, -0.2) is 29.1 Å². The van der Waals surface area contributed by atoms with Crippen molar-refractivity contribution in [1.82, 2.24) is 15.0 Å². The summed E-state index contributed by atoms with van der Waals surface area (Å²) < 4.78 is 4.56. The van der Waals surface area contributed by atoms with Gasteiger partial charge in [-0.05, 0) is 14.1 Å². The van der Waals surface area contributed by atoms with E-state index in [1.165, 1.54) is 0 Å². The van der Waals surface area contributed by atoms with Crippen molar-refractivity contribution in [3.05, 3.63) is 5.82 Å². The second-order valence-electron chi connectivity index (χ2n) is 2.29. The lowest BCUT2D eigenvalue weighted by Crippen LogP contribution is -2.11. The van der Waals surface area contributed by atoms with Crippen molar-refractivity contribution in [2.75, 3.05) is 19.8 Å². The van der Waals surface area contributed by atoms with E-state index >= 15 is 0 Å². The maximum absolute atomic E-state index is 5.20. The molecule has 10 heavy (non-hydrogen) atoms. The van der Waals surface area contributed by atoms with Crippen LogP contribution in [0, 0.1) is 0 Å². The molecule has 0 aliphatic heterocycles. The lowest BCUT2D eigenvalue weighted by atomic mass is 10.6. The van der Waals surface area contributed by atoms with Gasteiger partial charge in [-0.25, -0.2) is 0 Å². The first-order valence-electron chi connectivity index (χ1n) is 2.91. The molecular weight excluding hydrogens is 132 g/mol. The molecule has 0 fully saturated rings. The zero-order valence-corrected chi connectivity index (χ0v) is 6.03. The fourth-order valence-electron chi connectivity index (χ4n) is 0.615. The van der Waals surface area contributed by atoms with Crippen molar-refractivity contribution in [3.8, 4) is 0 Å². The van der Waals surface area contributed by atoms with E-state index in [4.69, 9.17) is 5.73 Å². The van der Waals surface area contributed by atoms with E-state index in [1.807, 2.05) is 19.0 Å². The summed E-state index contributed by atoms with van der Waals surface area (Å²) in [7, 11) is 3.85. The molecule has 0 bridgehead atoms. The lowest BCUT2D eigenvalue weighted by Gasteiger charge is -2.02. The van der Waals surface area contributed by atoms with Crippen LogP contribution in [0.15, 0.2) is 4.52 Å². The van der Waals surface area contributed by atoms with Crippen LogP contribution in [-0.2, 0) is 6.54 Å². The molecule has 1 rings (SSSR count). The maximum Gasteiger partial charge on any atom is 0.318 e. The molecule has 0 amide bonds. The Hall–Kier alpha value is -1.10. The highest BCUT2D eigenvalue weighted by Gasteiger charge is 2.01. The average molecular weight is 142 g/mol. The fraction of sp³-hybridized carbons (Fsp3) is 0.600. The highest BCUT2D eigenvalue weighted by molar-refractivity contribution is 5.06. The van der Waals surface area contributed by atoms with Crippen molar-refractivity contribution in [2.24, 2.45) is 0 Å². The van der Waals surface area contributed by atoms with E-state index in [2.05, 4.69) is 14.7 Å². The Balaban J connectivity index is 2.58. The van der Waals surface area contributed by atoms with Gasteiger partial charge in [-0.1, -0.05) is 5.16 Å². The van der Waals surface area contributed by atoms with Crippen molar-refractivity contribution in [1.29, 1.82) is 0 Å². The molecule has 0 spiro atoms. The highest BCUT2D eigenvalue weighted by Crippen LogP contribution is 1.98. The molecule has 1 aromatic heterocycles. The SMILES string of the molecule is CN(C)Cc1noc(N)n1. The molecule has 2 N–H and O–H groups in total. The van der Waals surface area contributed by atoms with Crippen LogP contribution >= 0.6 is 0 Å². The van der Waals surface area contributed by atoms with Crippen LogP contribution in [0.1, 0.15) is 5.82 Å². The topological polar surface area (TPSA) is 68.2 Å². The molecule has 1 aromatic rings. The Bertz CT molecular complexity index is 207. The van der Waals surface area contributed by atoms with E-state index in [0.29, 0.717) is 12.4 Å². The minimum absolute atomic E-state index is 0.122. The predicted molar refractivity (Wildman–Crippen MR) is 36.1 cm³/mol. The predicted octanol–water partition coefficient (Wildman–Crippen LogP) is -0.287. The van der Waals surface area contributed by atoms with Crippen LogP contribution in [0.2, 0.25) is 0 Å². The maximum atomic E-state index is 5.20. The smallest absolute Gasteiger partial charge is 0.318 e.